The van der Waals surface area contributed by atoms with Crippen molar-refractivity contribution < 1.29 is 4.79 Å². The summed E-state index contributed by atoms with van der Waals surface area (Å²) in [6.45, 7) is 3.97. The number of hydrogen-bond donors (Lipinski definition) is 1. The minimum atomic E-state index is 0.0178. The predicted octanol–water partition coefficient (Wildman–Crippen LogP) is 1.54. The summed E-state index contributed by atoms with van der Waals surface area (Å²) in [5.74, 6) is 0.989. The van der Waals surface area contributed by atoms with Crippen molar-refractivity contribution in [2.75, 3.05) is 37.6 Å². The van der Waals surface area contributed by atoms with Gasteiger partial charge in [-0.3, -0.25) is 4.79 Å². The molecular weight excluding hydrogens is 314 g/mol. The van der Waals surface area contributed by atoms with Gasteiger partial charge in [-0.05, 0) is 25.5 Å². The van der Waals surface area contributed by atoms with Crippen molar-refractivity contribution >= 4 is 11.9 Å². The van der Waals surface area contributed by atoms with E-state index < -0.39 is 0 Å². The third-order valence-electron chi connectivity index (χ3n) is 4.95. The summed E-state index contributed by atoms with van der Waals surface area (Å²) in [6, 6.07) is 12.1. The molecule has 130 valence electrons. The molecule has 1 atom stereocenters. The summed E-state index contributed by atoms with van der Waals surface area (Å²) >= 11 is 0. The number of anilines is 1. The van der Waals surface area contributed by atoms with Crippen molar-refractivity contribution in [2.24, 2.45) is 0 Å². The van der Waals surface area contributed by atoms with E-state index in [0.717, 1.165) is 62.8 Å². The Morgan fingerprint density at radius 1 is 1.08 bits per heavy atom. The van der Waals surface area contributed by atoms with Gasteiger partial charge in [-0.15, -0.1) is 0 Å². The molecule has 2 fully saturated rings. The van der Waals surface area contributed by atoms with Crippen LogP contribution in [0.4, 0.5) is 5.95 Å². The summed E-state index contributed by atoms with van der Waals surface area (Å²) in [5.41, 5.74) is 2.02. The Kier molecular flexibility index (Phi) is 4.61. The number of rotatable bonds is 3. The second-order valence-electron chi connectivity index (χ2n) is 6.57. The van der Waals surface area contributed by atoms with Crippen LogP contribution in [-0.4, -0.2) is 59.5 Å². The molecule has 2 saturated heterocycles. The van der Waals surface area contributed by atoms with Gasteiger partial charge in [0.2, 0.25) is 11.9 Å². The number of hydrogen-bond acceptors (Lipinski definition) is 5. The van der Waals surface area contributed by atoms with E-state index in [4.69, 9.17) is 4.98 Å². The highest BCUT2D eigenvalue weighted by molar-refractivity contribution is 5.82. The summed E-state index contributed by atoms with van der Waals surface area (Å²) < 4.78 is 0. The fourth-order valence-corrected chi connectivity index (χ4v) is 3.51. The largest absolute Gasteiger partial charge is 0.338 e. The van der Waals surface area contributed by atoms with E-state index in [-0.39, 0.29) is 11.9 Å². The van der Waals surface area contributed by atoms with Crippen LogP contribution < -0.4 is 10.2 Å². The van der Waals surface area contributed by atoms with E-state index in [1.807, 2.05) is 35.4 Å². The second kappa shape index (κ2) is 7.19. The molecule has 6 heteroatoms. The standard InChI is InChI=1S/C19H23N5O/c25-18(17-7-4-9-20-17)23-11-13-24(14-12-23)19-21-10-8-16(22-19)15-5-2-1-3-6-15/h1-3,5-6,8,10,17,20H,4,7,9,11-14H2/t17-/m1/s1. The number of nitrogens with one attached hydrogen (secondary N) is 1. The molecule has 0 aliphatic carbocycles. The maximum absolute atomic E-state index is 12.5. The Bertz CT molecular complexity index is 722. The molecule has 0 spiro atoms. The van der Waals surface area contributed by atoms with Crippen molar-refractivity contribution in [3.8, 4) is 11.3 Å². The van der Waals surface area contributed by atoms with Gasteiger partial charge < -0.3 is 15.1 Å². The molecule has 0 saturated carbocycles. The molecule has 1 aromatic heterocycles. The first kappa shape index (κ1) is 16.0. The van der Waals surface area contributed by atoms with Crippen LogP contribution in [0.3, 0.4) is 0 Å². The molecule has 0 unspecified atom stereocenters. The van der Waals surface area contributed by atoms with Gasteiger partial charge in [0.1, 0.15) is 0 Å². The van der Waals surface area contributed by atoms with Gasteiger partial charge in [0.05, 0.1) is 11.7 Å². The number of carbonyl (C=O) groups is 1. The predicted molar refractivity (Wildman–Crippen MR) is 97.3 cm³/mol. The lowest BCUT2D eigenvalue weighted by molar-refractivity contribution is -0.133. The zero-order valence-corrected chi connectivity index (χ0v) is 14.3. The molecule has 2 aliphatic heterocycles. The molecule has 4 rings (SSSR count). The first-order valence-corrected chi connectivity index (χ1v) is 8.97. The Balaban J connectivity index is 1.42. The highest BCUT2D eigenvalue weighted by atomic mass is 16.2. The SMILES string of the molecule is O=C([C@H]1CCCN1)N1CCN(c2nccc(-c3ccccc3)n2)CC1. The Morgan fingerprint density at radius 3 is 2.60 bits per heavy atom. The van der Waals surface area contributed by atoms with Crippen LogP contribution >= 0.6 is 0 Å². The van der Waals surface area contributed by atoms with Crippen molar-refractivity contribution in [3.05, 3.63) is 42.6 Å². The van der Waals surface area contributed by atoms with Crippen molar-refractivity contribution in [1.82, 2.24) is 20.2 Å². The number of nitrogens with zero attached hydrogens (tertiary/aromatic N) is 4. The third kappa shape index (κ3) is 3.49. The molecule has 2 aliphatic rings. The molecule has 1 aromatic carbocycles. The molecule has 1 N–H and O–H groups in total. The Morgan fingerprint density at radius 2 is 1.88 bits per heavy atom. The molecule has 3 heterocycles. The smallest absolute Gasteiger partial charge is 0.239 e. The summed E-state index contributed by atoms with van der Waals surface area (Å²) in [6.07, 6.45) is 3.86. The number of benzene rings is 1. The average Bonchev–Trinajstić information content (AvgIpc) is 3.23. The molecule has 0 radical (unpaired) electrons. The lowest BCUT2D eigenvalue weighted by Gasteiger charge is -2.36. The molecular formula is C19H23N5O. The highest BCUT2D eigenvalue weighted by Crippen LogP contribution is 2.20. The van der Waals surface area contributed by atoms with Gasteiger partial charge in [0.25, 0.3) is 0 Å². The van der Waals surface area contributed by atoms with Gasteiger partial charge in [0, 0.05) is 37.9 Å². The fraction of sp³-hybridized carbons (Fsp3) is 0.421. The second-order valence-corrected chi connectivity index (χ2v) is 6.57. The number of piperazine rings is 1. The van der Waals surface area contributed by atoms with Gasteiger partial charge in [-0.1, -0.05) is 30.3 Å². The van der Waals surface area contributed by atoms with Crippen LogP contribution in [-0.2, 0) is 4.79 Å². The van der Waals surface area contributed by atoms with E-state index in [2.05, 4.69) is 27.3 Å². The van der Waals surface area contributed by atoms with Gasteiger partial charge in [-0.2, -0.15) is 0 Å². The van der Waals surface area contributed by atoms with Crippen LogP contribution in [0, 0.1) is 0 Å². The highest BCUT2D eigenvalue weighted by Gasteiger charge is 2.29. The zero-order chi connectivity index (χ0) is 17.1. The van der Waals surface area contributed by atoms with Crippen molar-refractivity contribution in [3.63, 3.8) is 0 Å². The lowest BCUT2D eigenvalue weighted by atomic mass is 10.1. The van der Waals surface area contributed by atoms with Gasteiger partial charge in [-0.25, -0.2) is 9.97 Å². The Hall–Kier alpha value is -2.47. The van der Waals surface area contributed by atoms with E-state index in [9.17, 15) is 4.79 Å². The van der Waals surface area contributed by atoms with Crippen LogP contribution in [0.1, 0.15) is 12.8 Å². The van der Waals surface area contributed by atoms with Crippen molar-refractivity contribution in [2.45, 2.75) is 18.9 Å². The first-order chi connectivity index (χ1) is 12.3. The van der Waals surface area contributed by atoms with Crippen LogP contribution in [0.2, 0.25) is 0 Å². The van der Waals surface area contributed by atoms with Crippen LogP contribution in [0.5, 0.6) is 0 Å². The van der Waals surface area contributed by atoms with E-state index >= 15 is 0 Å². The molecule has 0 bridgehead atoms. The zero-order valence-electron chi connectivity index (χ0n) is 14.3. The minimum absolute atomic E-state index is 0.0178. The maximum atomic E-state index is 12.5. The summed E-state index contributed by atoms with van der Waals surface area (Å²) in [4.78, 5) is 25.8. The van der Waals surface area contributed by atoms with Crippen LogP contribution in [0.15, 0.2) is 42.6 Å². The maximum Gasteiger partial charge on any atom is 0.239 e. The van der Waals surface area contributed by atoms with Gasteiger partial charge >= 0.3 is 0 Å². The summed E-state index contributed by atoms with van der Waals surface area (Å²) in [5, 5.41) is 3.29. The molecule has 2 aromatic rings. The molecule has 1 amide bonds. The number of aromatic nitrogens is 2. The minimum Gasteiger partial charge on any atom is -0.338 e. The van der Waals surface area contributed by atoms with Gasteiger partial charge in [0.15, 0.2) is 0 Å². The average molecular weight is 337 g/mol. The normalized spacial score (nSPS) is 20.7. The lowest BCUT2D eigenvalue weighted by Crippen LogP contribution is -2.53. The monoisotopic (exact) mass is 337 g/mol. The number of carbonyl (C=O) groups excluding carboxylic acids is 1. The summed E-state index contributed by atoms with van der Waals surface area (Å²) in [7, 11) is 0. The first-order valence-electron chi connectivity index (χ1n) is 8.97. The Labute approximate surface area is 147 Å². The van der Waals surface area contributed by atoms with E-state index in [1.165, 1.54) is 0 Å². The van der Waals surface area contributed by atoms with Crippen LogP contribution in [0.25, 0.3) is 11.3 Å². The quantitative estimate of drug-likeness (QED) is 0.921. The third-order valence-corrected chi connectivity index (χ3v) is 4.95. The number of amides is 1. The molecule has 25 heavy (non-hydrogen) atoms. The van der Waals surface area contributed by atoms with E-state index in [0.29, 0.717) is 0 Å². The fourth-order valence-electron chi connectivity index (χ4n) is 3.51. The molecule has 6 nitrogen and oxygen atoms in total. The van der Waals surface area contributed by atoms with E-state index in [1.54, 1.807) is 0 Å². The van der Waals surface area contributed by atoms with Crippen molar-refractivity contribution in [1.29, 1.82) is 0 Å². The topological polar surface area (TPSA) is 61.4 Å².